The van der Waals surface area contributed by atoms with Crippen LogP contribution in [0.1, 0.15) is 23.0 Å². The molecule has 0 spiro atoms. The van der Waals surface area contributed by atoms with Crippen LogP contribution in [0.5, 0.6) is 0 Å². The van der Waals surface area contributed by atoms with Crippen molar-refractivity contribution in [3.05, 3.63) is 59.9 Å². The zero-order valence-electron chi connectivity index (χ0n) is 18.4. The molecule has 0 saturated carbocycles. The number of H-pyrrole nitrogens is 1. The van der Waals surface area contributed by atoms with E-state index < -0.39 is 10.2 Å². The lowest BCUT2D eigenvalue weighted by Crippen LogP contribution is -2.44. The van der Waals surface area contributed by atoms with Gasteiger partial charge in [0.15, 0.2) is 5.78 Å². The summed E-state index contributed by atoms with van der Waals surface area (Å²) in [4.78, 5) is 32.0. The normalized spacial score (nSPS) is 14.2. The van der Waals surface area contributed by atoms with E-state index >= 15 is 0 Å². The molecule has 33 heavy (non-hydrogen) atoms. The van der Waals surface area contributed by atoms with E-state index in [1.807, 2.05) is 30.3 Å². The highest BCUT2D eigenvalue weighted by Crippen LogP contribution is 2.38. The van der Waals surface area contributed by atoms with E-state index in [2.05, 4.69) is 20.6 Å². The van der Waals surface area contributed by atoms with Crippen LogP contribution in [0.4, 0.5) is 17.2 Å². The predicted octanol–water partition coefficient (Wildman–Crippen LogP) is 2.58. The first-order valence-electron chi connectivity index (χ1n) is 10.2. The van der Waals surface area contributed by atoms with Gasteiger partial charge in [0.1, 0.15) is 5.82 Å². The van der Waals surface area contributed by atoms with Crippen LogP contribution in [0.25, 0.3) is 11.3 Å². The molecular weight excluding hydrogens is 444 g/mol. The van der Waals surface area contributed by atoms with Crippen molar-refractivity contribution >= 4 is 39.1 Å². The van der Waals surface area contributed by atoms with Crippen molar-refractivity contribution in [1.82, 2.24) is 18.6 Å². The molecule has 0 radical (unpaired) electrons. The Balaban J connectivity index is 1.84. The molecule has 1 aromatic carbocycles. The average Bonchev–Trinajstić information content (AvgIpc) is 3.13. The Morgan fingerprint density at radius 2 is 1.88 bits per heavy atom. The third kappa shape index (κ3) is 4.51. The van der Waals surface area contributed by atoms with Crippen LogP contribution in [0.15, 0.2) is 48.7 Å². The Hall–Kier alpha value is -3.54. The lowest BCUT2D eigenvalue weighted by molar-refractivity contribution is -0.114. The largest absolute Gasteiger partial charge is 0.355 e. The number of hydrogen-bond donors (Lipinski definition) is 3. The number of Topliss-reactive ketones (excluding diaryl/α,β-unsaturated/α-hetero) is 1. The SMILES string of the molecule is CC(=O)Nc1cc(-c2[nH]c3c(c2Nc2ccccc2)C(=O)CN(S(=O)(=O)N(C)C)C3)ccn1. The van der Waals surface area contributed by atoms with Crippen LogP contribution in [-0.4, -0.2) is 59.3 Å². The highest BCUT2D eigenvalue weighted by atomic mass is 32.2. The lowest BCUT2D eigenvalue weighted by Gasteiger charge is -2.28. The summed E-state index contributed by atoms with van der Waals surface area (Å²) in [5, 5.41) is 5.96. The Morgan fingerprint density at radius 3 is 2.55 bits per heavy atom. The molecule has 3 aromatic rings. The van der Waals surface area contributed by atoms with Gasteiger partial charge in [0.25, 0.3) is 10.2 Å². The van der Waals surface area contributed by atoms with Crippen molar-refractivity contribution in [3.8, 4) is 11.3 Å². The number of nitrogens with zero attached hydrogens (tertiary/aromatic N) is 3. The highest BCUT2D eigenvalue weighted by molar-refractivity contribution is 7.86. The number of carbonyl (C=O) groups excluding carboxylic acids is 2. The zero-order valence-corrected chi connectivity index (χ0v) is 19.2. The molecule has 10 nitrogen and oxygen atoms in total. The number of benzene rings is 1. The van der Waals surface area contributed by atoms with Crippen LogP contribution in [0.2, 0.25) is 0 Å². The maximum Gasteiger partial charge on any atom is 0.282 e. The first kappa shape index (κ1) is 22.6. The van der Waals surface area contributed by atoms with Crippen molar-refractivity contribution in [2.75, 3.05) is 31.3 Å². The maximum absolute atomic E-state index is 13.2. The van der Waals surface area contributed by atoms with Gasteiger partial charge in [-0.15, -0.1) is 0 Å². The molecule has 172 valence electrons. The summed E-state index contributed by atoms with van der Waals surface area (Å²) in [6.07, 6.45) is 1.55. The third-order valence-corrected chi connectivity index (χ3v) is 7.03. The van der Waals surface area contributed by atoms with Crippen molar-refractivity contribution in [1.29, 1.82) is 0 Å². The summed E-state index contributed by atoms with van der Waals surface area (Å²) < 4.78 is 27.5. The predicted molar refractivity (Wildman–Crippen MR) is 125 cm³/mol. The number of pyridine rings is 1. The van der Waals surface area contributed by atoms with Gasteiger partial charge in [0, 0.05) is 44.2 Å². The summed E-state index contributed by atoms with van der Waals surface area (Å²) in [5.74, 6) is -0.215. The first-order valence-corrected chi connectivity index (χ1v) is 11.6. The number of nitrogens with one attached hydrogen (secondary N) is 3. The van der Waals surface area contributed by atoms with Gasteiger partial charge >= 0.3 is 0 Å². The van der Waals surface area contributed by atoms with Crippen LogP contribution in [-0.2, 0) is 21.5 Å². The minimum atomic E-state index is -3.77. The number of anilines is 3. The van der Waals surface area contributed by atoms with Gasteiger partial charge < -0.3 is 15.6 Å². The Bertz CT molecular complexity index is 1320. The number of hydrogen-bond acceptors (Lipinski definition) is 6. The van der Waals surface area contributed by atoms with Gasteiger partial charge in [-0.2, -0.15) is 17.0 Å². The van der Waals surface area contributed by atoms with Crippen molar-refractivity contribution < 1.29 is 18.0 Å². The van der Waals surface area contributed by atoms with E-state index in [4.69, 9.17) is 0 Å². The second-order valence-electron chi connectivity index (χ2n) is 7.81. The fourth-order valence-electron chi connectivity index (χ4n) is 3.69. The molecule has 1 aliphatic rings. The van der Waals surface area contributed by atoms with Crippen LogP contribution in [0.3, 0.4) is 0 Å². The maximum atomic E-state index is 13.2. The standard InChI is InChI=1S/C22H24N6O4S/c1-14(29)24-19-11-15(9-10-23-19)21-22(25-16-7-5-4-6-8-16)20-17(26-21)12-28(13-18(20)30)33(31,32)27(2)3/h4-11,25-26H,12-13H2,1-3H3,(H,23,24,29). The lowest BCUT2D eigenvalue weighted by atomic mass is 10.0. The minimum absolute atomic E-state index is 0.0225. The Labute approximate surface area is 191 Å². The van der Waals surface area contributed by atoms with Gasteiger partial charge in [0.2, 0.25) is 5.91 Å². The Morgan fingerprint density at radius 1 is 1.15 bits per heavy atom. The minimum Gasteiger partial charge on any atom is -0.355 e. The fraction of sp³-hybridized carbons (Fsp3) is 0.227. The molecular formula is C22H24N6O4S. The number of rotatable bonds is 6. The molecule has 1 amide bonds. The summed E-state index contributed by atoms with van der Waals surface area (Å²) >= 11 is 0. The third-order valence-electron chi connectivity index (χ3n) is 5.19. The number of aromatic nitrogens is 2. The highest BCUT2D eigenvalue weighted by Gasteiger charge is 2.36. The molecule has 0 saturated heterocycles. The molecule has 3 heterocycles. The molecule has 0 unspecified atom stereocenters. The van der Waals surface area contributed by atoms with Gasteiger partial charge in [0.05, 0.1) is 30.0 Å². The number of aromatic amines is 1. The van der Waals surface area contributed by atoms with Crippen LogP contribution in [0, 0.1) is 0 Å². The topological polar surface area (TPSA) is 128 Å². The Kier molecular flexibility index (Phi) is 6.02. The van der Waals surface area contributed by atoms with E-state index in [-0.39, 0.29) is 24.8 Å². The zero-order chi connectivity index (χ0) is 23.8. The van der Waals surface area contributed by atoms with E-state index in [1.165, 1.54) is 21.0 Å². The fourth-order valence-corrected chi connectivity index (χ4v) is 4.72. The summed E-state index contributed by atoms with van der Waals surface area (Å²) in [7, 11) is -0.917. The summed E-state index contributed by atoms with van der Waals surface area (Å²) in [5.41, 5.74) is 3.49. The van der Waals surface area contributed by atoms with E-state index in [0.717, 1.165) is 14.3 Å². The quantitative estimate of drug-likeness (QED) is 0.510. The van der Waals surface area contributed by atoms with E-state index in [9.17, 15) is 18.0 Å². The molecule has 2 aromatic heterocycles. The monoisotopic (exact) mass is 468 g/mol. The number of ketones is 1. The van der Waals surface area contributed by atoms with E-state index in [0.29, 0.717) is 34.0 Å². The molecule has 4 rings (SSSR count). The summed E-state index contributed by atoms with van der Waals surface area (Å²) in [6, 6.07) is 12.8. The van der Waals surface area contributed by atoms with E-state index in [1.54, 1.807) is 18.3 Å². The van der Waals surface area contributed by atoms with Crippen molar-refractivity contribution in [2.24, 2.45) is 0 Å². The molecule has 0 bridgehead atoms. The molecule has 0 fully saturated rings. The smallest absolute Gasteiger partial charge is 0.282 e. The second-order valence-corrected chi connectivity index (χ2v) is 9.95. The number of carbonyl (C=O) groups is 2. The van der Waals surface area contributed by atoms with Crippen molar-refractivity contribution in [2.45, 2.75) is 13.5 Å². The molecule has 1 aliphatic heterocycles. The molecule has 0 aliphatic carbocycles. The molecule has 0 atom stereocenters. The molecule has 11 heteroatoms. The van der Waals surface area contributed by atoms with Gasteiger partial charge in [-0.1, -0.05) is 18.2 Å². The number of para-hydroxylation sites is 1. The molecule has 3 N–H and O–H groups in total. The van der Waals surface area contributed by atoms with Gasteiger partial charge in [-0.3, -0.25) is 9.59 Å². The van der Waals surface area contributed by atoms with Gasteiger partial charge in [-0.25, -0.2) is 4.98 Å². The van der Waals surface area contributed by atoms with Crippen molar-refractivity contribution in [3.63, 3.8) is 0 Å². The second kappa shape index (κ2) is 8.77. The van der Waals surface area contributed by atoms with Gasteiger partial charge in [-0.05, 0) is 24.3 Å². The van der Waals surface area contributed by atoms with Crippen LogP contribution >= 0.6 is 0 Å². The van der Waals surface area contributed by atoms with Crippen LogP contribution < -0.4 is 10.6 Å². The number of fused-ring (bicyclic) bond motifs is 1. The summed E-state index contributed by atoms with van der Waals surface area (Å²) in [6.45, 7) is 1.15. The first-order chi connectivity index (χ1) is 15.7. The number of amides is 1. The average molecular weight is 469 g/mol.